The van der Waals surface area contributed by atoms with E-state index in [0.717, 1.165) is 6.54 Å². The van der Waals surface area contributed by atoms with Crippen LogP contribution < -0.4 is 5.32 Å². The SMILES string of the molecule is CCC(NCc1nc(C(C)C)cs1)C(C)C. The third kappa shape index (κ3) is 3.87. The Labute approximate surface area is 103 Å². The number of thiazole rings is 1. The average molecular weight is 240 g/mol. The molecule has 0 aromatic carbocycles. The lowest BCUT2D eigenvalue weighted by molar-refractivity contribution is 0.387. The molecule has 3 heteroatoms. The topological polar surface area (TPSA) is 24.9 Å². The van der Waals surface area contributed by atoms with Crippen molar-refractivity contribution < 1.29 is 0 Å². The van der Waals surface area contributed by atoms with E-state index in [4.69, 9.17) is 0 Å². The summed E-state index contributed by atoms with van der Waals surface area (Å²) < 4.78 is 0. The maximum atomic E-state index is 4.63. The molecule has 1 atom stereocenters. The fourth-order valence-corrected chi connectivity index (χ4v) is 2.65. The van der Waals surface area contributed by atoms with E-state index in [0.29, 0.717) is 17.9 Å². The second kappa shape index (κ2) is 6.36. The van der Waals surface area contributed by atoms with Gasteiger partial charge in [0.15, 0.2) is 0 Å². The van der Waals surface area contributed by atoms with E-state index >= 15 is 0 Å². The molecule has 92 valence electrons. The molecule has 0 saturated carbocycles. The van der Waals surface area contributed by atoms with Crippen molar-refractivity contribution >= 4 is 11.3 Å². The molecule has 0 spiro atoms. The second-order valence-corrected chi connectivity index (χ2v) is 5.90. The van der Waals surface area contributed by atoms with Gasteiger partial charge < -0.3 is 5.32 Å². The Morgan fingerprint density at radius 1 is 1.31 bits per heavy atom. The first-order valence-electron chi connectivity index (χ1n) is 6.22. The van der Waals surface area contributed by atoms with Gasteiger partial charge in [0.1, 0.15) is 5.01 Å². The van der Waals surface area contributed by atoms with Crippen molar-refractivity contribution in [2.24, 2.45) is 5.92 Å². The first kappa shape index (κ1) is 13.7. The van der Waals surface area contributed by atoms with Crippen molar-refractivity contribution in [1.29, 1.82) is 0 Å². The third-order valence-corrected chi connectivity index (χ3v) is 3.79. The molecule has 0 bridgehead atoms. The number of rotatable bonds is 6. The number of aromatic nitrogens is 1. The number of hydrogen-bond donors (Lipinski definition) is 1. The Morgan fingerprint density at radius 2 is 2.00 bits per heavy atom. The quantitative estimate of drug-likeness (QED) is 0.818. The standard InChI is InChI=1S/C13H24N2S/c1-6-11(9(2)3)14-7-13-15-12(8-16-13)10(4)5/h8-11,14H,6-7H2,1-5H3. The molecule has 0 amide bonds. The molecular weight excluding hydrogens is 216 g/mol. The number of hydrogen-bond acceptors (Lipinski definition) is 3. The summed E-state index contributed by atoms with van der Waals surface area (Å²) in [5.41, 5.74) is 1.22. The van der Waals surface area contributed by atoms with Crippen molar-refractivity contribution in [3.63, 3.8) is 0 Å². The Morgan fingerprint density at radius 3 is 2.44 bits per heavy atom. The van der Waals surface area contributed by atoms with Crippen LogP contribution in [0.1, 0.15) is 57.7 Å². The summed E-state index contributed by atoms with van der Waals surface area (Å²) in [5, 5.41) is 6.97. The van der Waals surface area contributed by atoms with Crippen molar-refractivity contribution in [2.45, 2.75) is 59.5 Å². The highest BCUT2D eigenvalue weighted by atomic mass is 32.1. The van der Waals surface area contributed by atoms with Crippen molar-refractivity contribution in [2.75, 3.05) is 0 Å². The van der Waals surface area contributed by atoms with Crippen LogP contribution in [0, 0.1) is 5.92 Å². The fraction of sp³-hybridized carbons (Fsp3) is 0.769. The zero-order chi connectivity index (χ0) is 12.1. The lowest BCUT2D eigenvalue weighted by Crippen LogP contribution is -2.32. The molecule has 1 heterocycles. The molecule has 2 nitrogen and oxygen atoms in total. The van der Waals surface area contributed by atoms with Gasteiger partial charge in [0.05, 0.1) is 5.69 Å². The first-order valence-corrected chi connectivity index (χ1v) is 7.10. The van der Waals surface area contributed by atoms with E-state index in [1.54, 1.807) is 11.3 Å². The molecule has 0 fully saturated rings. The highest BCUT2D eigenvalue weighted by molar-refractivity contribution is 7.09. The van der Waals surface area contributed by atoms with Gasteiger partial charge in [0.25, 0.3) is 0 Å². The molecule has 0 radical (unpaired) electrons. The summed E-state index contributed by atoms with van der Waals surface area (Å²) >= 11 is 1.77. The summed E-state index contributed by atoms with van der Waals surface area (Å²) in [4.78, 5) is 4.63. The normalized spacial score (nSPS) is 13.7. The molecule has 1 aromatic heterocycles. The van der Waals surface area contributed by atoms with Gasteiger partial charge in [-0.2, -0.15) is 0 Å². The van der Waals surface area contributed by atoms with Crippen molar-refractivity contribution in [1.82, 2.24) is 10.3 Å². The van der Waals surface area contributed by atoms with Crippen LogP contribution in [0.5, 0.6) is 0 Å². The minimum absolute atomic E-state index is 0.539. The van der Waals surface area contributed by atoms with E-state index in [1.807, 2.05) is 0 Å². The average Bonchev–Trinajstić information content (AvgIpc) is 2.67. The molecule has 0 saturated heterocycles. The predicted octanol–water partition coefficient (Wildman–Crippen LogP) is 3.79. The highest BCUT2D eigenvalue weighted by Gasteiger charge is 2.11. The van der Waals surface area contributed by atoms with Crippen LogP contribution in [0.4, 0.5) is 0 Å². The first-order chi connectivity index (χ1) is 7.54. The summed E-state index contributed by atoms with van der Waals surface area (Å²) in [7, 11) is 0. The van der Waals surface area contributed by atoms with Gasteiger partial charge in [-0.25, -0.2) is 4.98 Å². The van der Waals surface area contributed by atoms with Gasteiger partial charge in [-0.3, -0.25) is 0 Å². The minimum Gasteiger partial charge on any atom is -0.307 e. The maximum Gasteiger partial charge on any atom is 0.107 e. The van der Waals surface area contributed by atoms with Crippen molar-refractivity contribution in [3.8, 4) is 0 Å². The predicted molar refractivity (Wildman–Crippen MR) is 72.0 cm³/mol. The van der Waals surface area contributed by atoms with Gasteiger partial charge in [0.2, 0.25) is 0 Å². The van der Waals surface area contributed by atoms with Crippen LogP contribution in [-0.4, -0.2) is 11.0 Å². The second-order valence-electron chi connectivity index (χ2n) is 4.96. The Balaban J connectivity index is 2.47. The summed E-state index contributed by atoms with van der Waals surface area (Å²) in [6.45, 7) is 12.1. The largest absolute Gasteiger partial charge is 0.307 e. The van der Waals surface area contributed by atoms with Crippen molar-refractivity contribution in [3.05, 3.63) is 16.1 Å². The van der Waals surface area contributed by atoms with Crippen LogP contribution in [0.3, 0.4) is 0 Å². The zero-order valence-corrected chi connectivity index (χ0v) is 11.9. The van der Waals surface area contributed by atoms with Gasteiger partial charge in [-0.1, -0.05) is 34.6 Å². The molecule has 0 aliphatic heterocycles. The zero-order valence-electron chi connectivity index (χ0n) is 11.1. The van der Waals surface area contributed by atoms with Crippen LogP contribution >= 0.6 is 11.3 Å². The fourth-order valence-electron chi connectivity index (χ4n) is 1.74. The maximum absolute atomic E-state index is 4.63. The van der Waals surface area contributed by atoms with E-state index in [2.05, 4.69) is 50.3 Å². The molecular formula is C13H24N2S. The van der Waals surface area contributed by atoms with E-state index in [-0.39, 0.29) is 0 Å². The van der Waals surface area contributed by atoms with E-state index < -0.39 is 0 Å². The molecule has 16 heavy (non-hydrogen) atoms. The lowest BCUT2D eigenvalue weighted by atomic mass is 10.0. The third-order valence-electron chi connectivity index (χ3n) is 2.92. The molecule has 1 aromatic rings. The Hall–Kier alpha value is -0.410. The molecule has 1 rings (SSSR count). The Bertz CT molecular complexity index is 305. The molecule has 0 aliphatic carbocycles. The minimum atomic E-state index is 0.539. The van der Waals surface area contributed by atoms with E-state index in [9.17, 15) is 0 Å². The lowest BCUT2D eigenvalue weighted by Gasteiger charge is -2.19. The number of nitrogens with one attached hydrogen (secondary N) is 1. The summed E-state index contributed by atoms with van der Waals surface area (Å²) in [6.07, 6.45) is 1.18. The van der Waals surface area contributed by atoms with E-state index in [1.165, 1.54) is 17.1 Å². The number of nitrogens with zero attached hydrogens (tertiary/aromatic N) is 1. The van der Waals surface area contributed by atoms with Crippen LogP contribution in [0.2, 0.25) is 0 Å². The smallest absolute Gasteiger partial charge is 0.107 e. The van der Waals surface area contributed by atoms with Gasteiger partial charge in [0, 0.05) is 18.0 Å². The Kier molecular flexibility index (Phi) is 5.42. The van der Waals surface area contributed by atoms with Crippen LogP contribution in [0.25, 0.3) is 0 Å². The monoisotopic (exact) mass is 240 g/mol. The van der Waals surface area contributed by atoms with Crippen LogP contribution in [-0.2, 0) is 6.54 Å². The summed E-state index contributed by atoms with van der Waals surface area (Å²) in [5.74, 6) is 1.23. The molecule has 0 aliphatic rings. The molecule has 1 unspecified atom stereocenters. The van der Waals surface area contributed by atoms with Gasteiger partial charge in [-0.15, -0.1) is 11.3 Å². The highest BCUT2D eigenvalue weighted by Crippen LogP contribution is 2.18. The van der Waals surface area contributed by atoms with Crippen LogP contribution in [0.15, 0.2) is 5.38 Å². The van der Waals surface area contributed by atoms with Gasteiger partial charge in [-0.05, 0) is 18.3 Å². The molecule has 1 N–H and O–H groups in total. The summed E-state index contributed by atoms with van der Waals surface area (Å²) in [6, 6.07) is 0.603. The van der Waals surface area contributed by atoms with Gasteiger partial charge >= 0.3 is 0 Å².